The molecule has 2 aromatic carbocycles. The molecule has 1 N–H and O–H groups in total. The van der Waals surface area contributed by atoms with E-state index in [0.717, 1.165) is 5.69 Å². The Balaban J connectivity index is 2.20. The van der Waals surface area contributed by atoms with Gasteiger partial charge in [-0.05, 0) is 31.7 Å². The summed E-state index contributed by atoms with van der Waals surface area (Å²) in [6, 6.07) is 20.8. The molecule has 0 heterocycles. The molecule has 2 atom stereocenters. The van der Waals surface area contributed by atoms with Crippen LogP contribution in [-0.2, 0) is 4.79 Å². The van der Waals surface area contributed by atoms with Gasteiger partial charge in [-0.25, -0.2) is 0 Å². The van der Waals surface area contributed by atoms with E-state index in [1.807, 2.05) is 43.4 Å². The number of anilines is 1. The molecule has 0 fully saturated rings. The van der Waals surface area contributed by atoms with Gasteiger partial charge in [0, 0.05) is 25.8 Å². The van der Waals surface area contributed by atoms with Crippen molar-refractivity contribution in [3.05, 3.63) is 66.2 Å². The predicted molar refractivity (Wildman–Crippen MR) is 100 cm³/mol. The SMILES string of the molecule is C[C@H]([C@H](Nc1ccccc1)c1ccccc1)N(C)CC(=O)N(C)C. The summed E-state index contributed by atoms with van der Waals surface area (Å²) in [6.07, 6.45) is 0. The second kappa shape index (κ2) is 8.50. The lowest BCUT2D eigenvalue weighted by Gasteiger charge is -2.33. The number of nitrogens with zero attached hydrogens (tertiary/aromatic N) is 2. The Morgan fingerprint density at radius 1 is 0.958 bits per heavy atom. The van der Waals surface area contributed by atoms with Gasteiger partial charge in [0.15, 0.2) is 0 Å². The maximum Gasteiger partial charge on any atom is 0.236 e. The molecule has 4 heteroatoms. The van der Waals surface area contributed by atoms with E-state index in [0.29, 0.717) is 6.54 Å². The molecule has 4 nitrogen and oxygen atoms in total. The average molecular weight is 325 g/mol. The molecule has 128 valence electrons. The van der Waals surface area contributed by atoms with Crippen LogP contribution in [0.4, 0.5) is 5.69 Å². The number of benzene rings is 2. The molecule has 0 bridgehead atoms. The van der Waals surface area contributed by atoms with Crippen LogP contribution in [0, 0.1) is 0 Å². The third-order valence-corrected chi connectivity index (χ3v) is 4.32. The third-order valence-electron chi connectivity index (χ3n) is 4.32. The average Bonchev–Trinajstić information content (AvgIpc) is 2.60. The Bertz CT molecular complexity index is 628. The molecular formula is C20H27N3O. The van der Waals surface area contributed by atoms with Gasteiger partial charge in [0.2, 0.25) is 5.91 Å². The van der Waals surface area contributed by atoms with Crippen molar-refractivity contribution in [3.8, 4) is 0 Å². The maximum absolute atomic E-state index is 12.0. The molecule has 0 spiro atoms. The monoisotopic (exact) mass is 325 g/mol. The molecule has 0 aliphatic rings. The van der Waals surface area contributed by atoms with Crippen molar-refractivity contribution in [2.45, 2.75) is 19.0 Å². The number of hydrogen-bond donors (Lipinski definition) is 1. The highest BCUT2D eigenvalue weighted by molar-refractivity contribution is 5.77. The first kappa shape index (κ1) is 18.0. The van der Waals surface area contributed by atoms with Crippen molar-refractivity contribution < 1.29 is 4.79 Å². The van der Waals surface area contributed by atoms with Crippen LogP contribution in [-0.4, -0.2) is 49.4 Å². The Kier molecular flexibility index (Phi) is 6.38. The van der Waals surface area contributed by atoms with Gasteiger partial charge in [-0.1, -0.05) is 48.5 Å². The smallest absolute Gasteiger partial charge is 0.236 e. The van der Waals surface area contributed by atoms with Crippen LogP contribution in [0.2, 0.25) is 0 Å². The third kappa shape index (κ3) is 4.83. The standard InChI is InChI=1S/C20H27N3O/c1-16(23(4)15-19(24)22(2)3)20(17-11-7-5-8-12-17)21-18-13-9-6-10-14-18/h5-14,16,20-21H,15H2,1-4H3/t16-,20+/m1/s1. The minimum atomic E-state index is 0.0913. The fourth-order valence-corrected chi connectivity index (χ4v) is 2.61. The summed E-state index contributed by atoms with van der Waals surface area (Å²) >= 11 is 0. The summed E-state index contributed by atoms with van der Waals surface area (Å²) in [5.74, 6) is 0.107. The molecule has 0 saturated carbocycles. The normalized spacial score (nSPS) is 13.4. The fraction of sp³-hybridized carbons (Fsp3) is 0.350. The van der Waals surface area contributed by atoms with Crippen LogP contribution < -0.4 is 5.32 Å². The second-order valence-electron chi connectivity index (χ2n) is 6.34. The highest BCUT2D eigenvalue weighted by Crippen LogP contribution is 2.25. The summed E-state index contributed by atoms with van der Waals surface area (Å²) in [5, 5.41) is 3.61. The Morgan fingerprint density at radius 3 is 2.04 bits per heavy atom. The topological polar surface area (TPSA) is 35.6 Å². The summed E-state index contributed by atoms with van der Waals surface area (Å²) < 4.78 is 0. The highest BCUT2D eigenvalue weighted by atomic mass is 16.2. The molecule has 0 unspecified atom stereocenters. The molecule has 0 aliphatic carbocycles. The van der Waals surface area contributed by atoms with Gasteiger partial charge in [-0.3, -0.25) is 9.69 Å². The zero-order chi connectivity index (χ0) is 17.5. The molecule has 24 heavy (non-hydrogen) atoms. The zero-order valence-electron chi connectivity index (χ0n) is 14.9. The quantitative estimate of drug-likeness (QED) is 0.849. The van der Waals surface area contributed by atoms with Gasteiger partial charge >= 0.3 is 0 Å². The highest BCUT2D eigenvalue weighted by Gasteiger charge is 2.24. The van der Waals surface area contributed by atoms with Gasteiger partial charge in [-0.2, -0.15) is 0 Å². The van der Waals surface area contributed by atoms with E-state index in [9.17, 15) is 4.79 Å². The molecule has 2 aromatic rings. The van der Waals surface area contributed by atoms with Crippen LogP contribution >= 0.6 is 0 Å². The number of para-hydroxylation sites is 1. The van der Waals surface area contributed by atoms with Gasteiger partial charge in [-0.15, -0.1) is 0 Å². The van der Waals surface area contributed by atoms with E-state index in [4.69, 9.17) is 0 Å². The molecule has 0 saturated heterocycles. The molecule has 2 rings (SSSR count). The Labute approximate surface area is 145 Å². The van der Waals surface area contributed by atoms with Gasteiger partial charge < -0.3 is 10.2 Å². The Morgan fingerprint density at radius 2 is 1.50 bits per heavy atom. The van der Waals surface area contributed by atoms with Crippen LogP contribution in [0.3, 0.4) is 0 Å². The number of carbonyl (C=O) groups excluding carboxylic acids is 1. The lowest BCUT2D eigenvalue weighted by atomic mass is 9.99. The molecule has 0 radical (unpaired) electrons. The summed E-state index contributed by atoms with van der Waals surface area (Å²) in [6.45, 7) is 2.55. The first-order valence-corrected chi connectivity index (χ1v) is 8.26. The van der Waals surface area contributed by atoms with Crippen molar-refractivity contribution in [2.75, 3.05) is 33.0 Å². The number of likely N-dealkylation sites (N-methyl/N-ethyl adjacent to an activating group) is 2. The first-order valence-electron chi connectivity index (χ1n) is 8.26. The lowest BCUT2D eigenvalue weighted by molar-refractivity contribution is -0.130. The maximum atomic E-state index is 12.0. The van der Waals surface area contributed by atoms with Crippen molar-refractivity contribution in [1.29, 1.82) is 0 Å². The van der Waals surface area contributed by atoms with Crippen LogP contribution in [0.25, 0.3) is 0 Å². The van der Waals surface area contributed by atoms with Gasteiger partial charge in [0.1, 0.15) is 0 Å². The number of amides is 1. The van der Waals surface area contributed by atoms with E-state index in [1.54, 1.807) is 19.0 Å². The first-order chi connectivity index (χ1) is 11.5. The van der Waals surface area contributed by atoms with Crippen molar-refractivity contribution in [2.24, 2.45) is 0 Å². The molecule has 1 amide bonds. The number of rotatable bonds is 7. The predicted octanol–water partition coefficient (Wildman–Crippen LogP) is 3.25. The van der Waals surface area contributed by atoms with E-state index in [1.165, 1.54) is 5.56 Å². The van der Waals surface area contributed by atoms with Crippen molar-refractivity contribution in [3.63, 3.8) is 0 Å². The summed E-state index contributed by atoms with van der Waals surface area (Å²) in [4.78, 5) is 15.8. The molecule has 0 aliphatic heterocycles. The second-order valence-corrected chi connectivity index (χ2v) is 6.34. The van der Waals surface area contributed by atoms with Crippen LogP contribution in [0.5, 0.6) is 0 Å². The Hall–Kier alpha value is -2.33. The summed E-state index contributed by atoms with van der Waals surface area (Å²) in [5.41, 5.74) is 2.28. The van der Waals surface area contributed by atoms with E-state index >= 15 is 0 Å². The van der Waals surface area contributed by atoms with E-state index in [-0.39, 0.29) is 18.0 Å². The van der Waals surface area contributed by atoms with Gasteiger partial charge in [0.25, 0.3) is 0 Å². The zero-order valence-corrected chi connectivity index (χ0v) is 14.9. The van der Waals surface area contributed by atoms with Crippen molar-refractivity contribution in [1.82, 2.24) is 9.80 Å². The summed E-state index contributed by atoms with van der Waals surface area (Å²) in [7, 11) is 5.57. The van der Waals surface area contributed by atoms with E-state index < -0.39 is 0 Å². The number of nitrogens with one attached hydrogen (secondary N) is 1. The van der Waals surface area contributed by atoms with Crippen LogP contribution in [0.1, 0.15) is 18.5 Å². The largest absolute Gasteiger partial charge is 0.377 e. The lowest BCUT2D eigenvalue weighted by Crippen LogP contribution is -2.43. The molecular weight excluding hydrogens is 298 g/mol. The minimum absolute atomic E-state index is 0.0913. The van der Waals surface area contributed by atoms with Gasteiger partial charge in [0.05, 0.1) is 12.6 Å². The van der Waals surface area contributed by atoms with Crippen LogP contribution in [0.15, 0.2) is 60.7 Å². The van der Waals surface area contributed by atoms with Crippen molar-refractivity contribution >= 4 is 11.6 Å². The number of hydrogen-bond acceptors (Lipinski definition) is 3. The fourth-order valence-electron chi connectivity index (χ4n) is 2.61. The molecule has 0 aromatic heterocycles. The number of carbonyl (C=O) groups is 1. The van der Waals surface area contributed by atoms with E-state index in [2.05, 4.69) is 41.4 Å². The minimum Gasteiger partial charge on any atom is -0.377 e.